The number of hydrogen-bond acceptors (Lipinski definition) is 6. The lowest BCUT2D eigenvalue weighted by molar-refractivity contribution is -0.118. The lowest BCUT2D eigenvalue weighted by atomic mass is 9.99. The Kier molecular flexibility index (Phi) is 6.84. The molecular weight excluding hydrogens is 404 g/mol. The molecule has 2 aromatic carbocycles. The minimum absolute atomic E-state index is 0.118. The summed E-state index contributed by atoms with van der Waals surface area (Å²) in [5, 5.41) is 11.7. The third-order valence-electron chi connectivity index (χ3n) is 5.63. The second-order valence-corrected chi connectivity index (χ2v) is 8.01. The Bertz CT molecular complexity index is 1050. The molecule has 2 heterocycles. The van der Waals surface area contributed by atoms with Gasteiger partial charge in [0.2, 0.25) is 0 Å². The molecule has 0 aliphatic carbocycles. The van der Waals surface area contributed by atoms with Crippen molar-refractivity contribution in [2.75, 3.05) is 37.0 Å². The molecule has 0 radical (unpaired) electrons. The summed E-state index contributed by atoms with van der Waals surface area (Å²) in [4.78, 5) is 14.7. The maximum absolute atomic E-state index is 12.4. The highest BCUT2D eigenvalue weighted by atomic mass is 16.5. The Morgan fingerprint density at radius 2 is 1.81 bits per heavy atom. The van der Waals surface area contributed by atoms with E-state index in [0.717, 1.165) is 36.1 Å². The van der Waals surface area contributed by atoms with Crippen LogP contribution in [-0.4, -0.2) is 42.9 Å². The Hall–Kier alpha value is -3.61. The van der Waals surface area contributed by atoms with Crippen LogP contribution >= 0.6 is 0 Å². The van der Waals surface area contributed by atoms with Crippen LogP contribution in [0.1, 0.15) is 19.8 Å². The van der Waals surface area contributed by atoms with E-state index in [1.54, 1.807) is 19.2 Å². The third kappa shape index (κ3) is 5.35. The molecule has 1 N–H and O–H groups in total. The SMILES string of the molecule is COc1ccccc1OCC(=O)Nc1cccc(-c2ccc(N3CCC(C)CC3)nn2)c1. The van der Waals surface area contributed by atoms with Crippen LogP contribution in [0.15, 0.2) is 60.7 Å². The number of piperidine rings is 1. The summed E-state index contributed by atoms with van der Waals surface area (Å²) in [7, 11) is 1.57. The quantitative estimate of drug-likeness (QED) is 0.596. The molecule has 4 rings (SSSR count). The Labute approximate surface area is 188 Å². The summed E-state index contributed by atoms with van der Waals surface area (Å²) in [6.45, 7) is 4.22. The first-order valence-corrected chi connectivity index (χ1v) is 10.9. The normalized spacial score (nSPS) is 14.1. The standard InChI is InChI=1S/C25H28N4O3/c1-18-12-14-29(15-13-18)24-11-10-21(27-28-24)19-6-5-7-20(16-19)26-25(30)17-32-23-9-4-3-8-22(23)31-2/h3-11,16,18H,12-15,17H2,1-2H3,(H,26,30). The number of methoxy groups -OCH3 is 1. The second-order valence-electron chi connectivity index (χ2n) is 8.01. The number of benzene rings is 2. The summed E-state index contributed by atoms with van der Waals surface area (Å²) in [5.74, 6) is 2.55. The van der Waals surface area contributed by atoms with E-state index in [-0.39, 0.29) is 12.5 Å². The molecule has 1 fully saturated rings. The molecule has 1 amide bonds. The van der Waals surface area contributed by atoms with Crippen LogP contribution in [0.2, 0.25) is 0 Å². The molecule has 7 heteroatoms. The predicted molar refractivity (Wildman–Crippen MR) is 125 cm³/mol. The van der Waals surface area contributed by atoms with Crippen LogP contribution in [0.25, 0.3) is 11.3 Å². The molecule has 0 unspecified atom stereocenters. The van der Waals surface area contributed by atoms with Gasteiger partial charge in [-0.05, 0) is 55.2 Å². The van der Waals surface area contributed by atoms with Gasteiger partial charge in [0.15, 0.2) is 23.9 Å². The number of carbonyl (C=O) groups excluding carboxylic acids is 1. The van der Waals surface area contributed by atoms with E-state index in [1.165, 1.54) is 12.8 Å². The monoisotopic (exact) mass is 432 g/mol. The number of para-hydroxylation sites is 2. The maximum Gasteiger partial charge on any atom is 0.262 e. The molecule has 0 spiro atoms. The lowest BCUT2D eigenvalue weighted by Gasteiger charge is -2.30. The topological polar surface area (TPSA) is 76.6 Å². The van der Waals surface area contributed by atoms with Crippen molar-refractivity contribution in [3.63, 3.8) is 0 Å². The fraction of sp³-hybridized carbons (Fsp3) is 0.320. The molecule has 7 nitrogen and oxygen atoms in total. The fourth-order valence-electron chi connectivity index (χ4n) is 3.72. The summed E-state index contributed by atoms with van der Waals surface area (Å²) in [5.41, 5.74) is 2.33. The lowest BCUT2D eigenvalue weighted by Crippen LogP contribution is -2.33. The van der Waals surface area contributed by atoms with Gasteiger partial charge in [-0.1, -0.05) is 31.2 Å². The van der Waals surface area contributed by atoms with Crippen LogP contribution in [0.3, 0.4) is 0 Å². The molecule has 1 aromatic heterocycles. The van der Waals surface area contributed by atoms with Gasteiger partial charge in [0.25, 0.3) is 5.91 Å². The molecule has 0 bridgehead atoms. The van der Waals surface area contributed by atoms with Crippen molar-refractivity contribution in [1.82, 2.24) is 10.2 Å². The van der Waals surface area contributed by atoms with Gasteiger partial charge in [-0.15, -0.1) is 10.2 Å². The van der Waals surface area contributed by atoms with Crippen molar-refractivity contribution in [2.45, 2.75) is 19.8 Å². The third-order valence-corrected chi connectivity index (χ3v) is 5.63. The molecule has 1 aliphatic heterocycles. The first-order valence-electron chi connectivity index (χ1n) is 10.9. The largest absolute Gasteiger partial charge is 0.493 e. The first-order chi connectivity index (χ1) is 15.6. The molecule has 0 atom stereocenters. The number of carbonyl (C=O) groups is 1. The number of nitrogens with one attached hydrogen (secondary N) is 1. The van der Waals surface area contributed by atoms with Crippen LogP contribution < -0.4 is 19.7 Å². The van der Waals surface area contributed by atoms with Gasteiger partial charge in [0.1, 0.15) is 0 Å². The van der Waals surface area contributed by atoms with Crippen molar-refractivity contribution in [1.29, 1.82) is 0 Å². The summed E-state index contributed by atoms with van der Waals surface area (Å²) in [6, 6.07) is 18.8. The van der Waals surface area contributed by atoms with E-state index in [1.807, 2.05) is 48.5 Å². The number of aromatic nitrogens is 2. The van der Waals surface area contributed by atoms with Crippen molar-refractivity contribution in [3.8, 4) is 22.8 Å². The van der Waals surface area contributed by atoms with Crippen LogP contribution in [0.4, 0.5) is 11.5 Å². The van der Waals surface area contributed by atoms with Gasteiger partial charge in [0.05, 0.1) is 12.8 Å². The van der Waals surface area contributed by atoms with E-state index in [9.17, 15) is 4.79 Å². The van der Waals surface area contributed by atoms with Crippen LogP contribution in [-0.2, 0) is 4.79 Å². The van der Waals surface area contributed by atoms with Crippen molar-refractivity contribution in [2.24, 2.45) is 5.92 Å². The van der Waals surface area contributed by atoms with Crippen molar-refractivity contribution >= 4 is 17.4 Å². The van der Waals surface area contributed by atoms with E-state index >= 15 is 0 Å². The molecular formula is C25H28N4O3. The first kappa shape index (κ1) is 21.6. The average Bonchev–Trinajstić information content (AvgIpc) is 2.84. The molecule has 3 aromatic rings. The average molecular weight is 433 g/mol. The number of ether oxygens (including phenoxy) is 2. The van der Waals surface area contributed by atoms with E-state index in [0.29, 0.717) is 17.2 Å². The minimum atomic E-state index is -0.256. The Balaban J connectivity index is 1.37. The maximum atomic E-state index is 12.4. The van der Waals surface area contributed by atoms with Gasteiger partial charge >= 0.3 is 0 Å². The number of rotatable bonds is 7. The zero-order valence-corrected chi connectivity index (χ0v) is 18.5. The summed E-state index contributed by atoms with van der Waals surface area (Å²) < 4.78 is 10.8. The number of nitrogens with zero attached hydrogens (tertiary/aromatic N) is 3. The van der Waals surface area contributed by atoms with Gasteiger partial charge in [-0.3, -0.25) is 4.79 Å². The number of anilines is 2. The van der Waals surface area contributed by atoms with E-state index < -0.39 is 0 Å². The predicted octanol–water partition coefficient (Wildman–Crippen LogP) is 4.41. The van der Waals surface area contributed by atoms with Gasteiger partial charge < -0.3 is 19.7 Å². The molecule has 0 saturated carbocycles. The summed E-state index contributed by atoms with van der Waals surface area (Å²) >= 11 is 0. The van der Waals surface area contributed by atoms with Gasteiger partial charge in [0, 0.05) is 24.3 Å². The summed E-state index contributed by atoms with van der Waals surface area (Å²) in [6.07, 6.45) is 2.37. The molecule has 166 valence electrons. The number of hydrogen-bond donors (Lipinski definition) is 1. The van der Waals surface area contributed by atoms with E-state index in [4.69, 9.17) is 9.47 Å². The Morgan fingerprint density at radius 1 is 1.03 bits per heavy atom. The highest BCUT2D eigenvalue weighted by Gasteiger charge is 2.17. The van der Waals surface area contributed by atoms with E-state index in [2.05, 4.69) is 27.3 Å². The molecule has 1 aliphatic rings. The van der Waals surface area contributed by atoms with Crippen LogP contribution in [0, 0.1) is 5.92 Å². The zero-order valence-electron chi connectivity index (χ0n) is 18.5. The highest BCUT2D eigenvalue weighted by molar-refractivity contribution is 5.92. The fourth-order valence-corrected chi connectivity index (χ4v) is 3.72. The van der Waals surface area contributed by atoms with Crippen LogP contribution in [0.5, 0.6) is 11.5 Å². The van der Waals surface area contributed by atoms with Crippen molar-refractivity contribution < 1.29 is 14.3 Å². The second kappa shape index (κ2) is 10.1. The minimum Gasteiger partial charge on any atom is -0.493 e. The molecule has 1 saturated heterocycles. The smallest absolute Gasteiger partial charge is 0.262 e. The zero-order chi connectivity index (χ0) is 22.3. The highest BCUT2D eigenvalue weighted by Crippen LogP contribution is 2.26. The number of amides is 1. The molecule has 32 heavy (non-hydrogen) atoms. The Morgan fingerprint density at radius 3 is 2.53 bits per heavy atom. The van der Waals surface area contributed by atoms with Crippen molar-refractivity contribution in [3.05, 3.63) is 60.7 Å². The van der Waals surface area contributed by atoms with Gasteiger partial charge in [-0.25, -0.2) is 0 Å². The van der Waals surface area contributed by atoms with Gasteiger partial charge in [-0.2, -0.15) is 0 Å².